The van der Waals surface area contributed by atoms with E-state index in [0.717, 1.165) is 13.1 Å². The molecule has 1 heterocycles. The maximum atomic E-state index is 13.9. The van der Waals surface area contributed by atoms with E-state index in [4.69, 9.17) is 5.73 Å². The largest absolute Gasteiger partial charge is 0.393 e. The van der Waals surface area contributed by atoms with Gasteiger partial charge in [-0.3, -0.25) is 0 Å². The van der Waals surface area contributed by atoms with Crippen molar-refractivity contribution in [3.63, 3.8) is 0 Å². The highest BCUT2D eigenvalue weighted by atomic mass is 79.9. The Balaban J connectivity index is 2.34. The predicted molar refractivity (Wildman–Crippen MR) is 87.4 cm³/mol. The number of nitrogens with one attached hydrogen (secondary N) is 1. The minimum absolute atomic E-state index is 0.314. The second kappa shape index (κ2) is 6.71. The molecular formula is C14H17BrFN5. The van der Waals surface area contributed by atoms with Gasteiger partial charge >= 0.3 is 0 Å². The first-order valence-electron chi connectivity index (χ1n) is 6.64. The Kier molecular flexibility index (Phi) is 4.95. The van der Waals surface area contributed by atoms with Gasteiger partial charge in [-0.25, -0.2) is 14.4 Å². The van der Waals surface area contributed by atoms with Gasteiger partial charge in [0.25, 0.3) is 0 Å². The van der Waals surface area contributed by atoms with Gasteiger partial charge in [0.05, 0.1) is 5.69 Å². The van der Waals surface area contributed by atoms with E-state index in [1.54, 1.807) is 12.1 Å². The van der Waals surface area contributed by atoms with Crippen molar-refractivity contribution in [3.05, 3.63) is 34.8 Å². The highest BCUT2D eigenvalue weighted by Gasteiger charge is 2.14. The Morgan fingerprint density at radius 1 is 1.29 bits per heavy atom. The molecule has 0 saturated heterocycles. The number of hydrogen-bond acceptors (Lipinski definition) is 5. The van der Waals surface area contributed by atoms with Crippen molar-refractivity contribution in [1.82, 2.24) is 9.97 Å². The quantitative estimate of drug-likeness (QED) is 0.860. The molecule has 0 spiro atoms. The van der Waals surface area contributed by atoms with Gasteiger partial charge in [-0.2, -0.15) is 0 Å². The van der Waals surface area contributed by atoms with E-state index in [0.29, 0.717) is 27.5 Å². The number of nitrogen functional groups attached to an aromatic ring is 1. The van der Waals surface area contributed by atoms with E-state index < -0.39 is 0 Å². The van der Waals surface area contributed by atoms with Crippen molar-refractivity contribution < 1.29 is 4.39 Å². The summed E-state index contributed by atoms with van der Waals surface area (Å²) in [7, 11) is 0. The monoisotopic (exact) mass is 353 g/mol. The van der Waals surface area contributed by atoms with Crippen LogP contribution in [0.25, 0.3) is 0 Å². The van der Waals surface area contributed by atoms with Gasteiger partial charge in [0.1, 0.15) is 17.8 Å². The molecule has 0 aliphatic rings. The van der Waals surface area contributed by atoms with Gasteiger partial charge in [0, 0.05) is 17.6 Å². The Bertz CT molecular complexity index is 631. The second-order valence-electron chi connectivity index (χ2n) is 4.38. The van der Waals surface area contributed by atoms with Crippen LogP contribution in [-0.2, 0) is 0 Å². The fourth-order valence-electron chi connectivity index (χ4n) is 1.98. The van der Waals surface area contributed by atoms with Crippen molar-refractivity contribution in [1.29, 1.82) is 0 Å². The van der Waals surface area contributed by atoms with E-state index >= 15 is 0 Å². The zero-order chi connectivity index (χ0) is 15.4. The lowest BCUT2D eigenvalue weighted by atomic mass is 10.3. The molecule has 1 aromatic carbocycles. The van der Waals surface area contributed by atoms with Crippen LogP contribution in [-0.4, -0.2) is 23.1 Å². The third kappa shape index (κ3) is 3.41. The minimum atomic E-state index is -0.383. The number of aromatic nitrogens is 2. The number of anilines is 4. The van der Waals surface area contributed by atoms with Crippen molar-refractivity contribution in [2.24, 2.45) is 0 Å². The van der Waals surface area contributed by atoms with Crippen LogP contribution < -0.4 is 16.0 Å². The fourth-order valence-corrected chi connectivity index (χ4v) is 2.31. The minimum Gasteiger partial charge on any atom is -0.393 e. The van der Waals surface area contributed by atoms with Crippen molar-refractivity contribution in [3.8, 4) is 0 Å². The second-order valence-corrected chi connectivity index (χ2v) is 5.30. The van der Waals surface area contributed by atoms with Crippen LogP contribution in [0.1, 0.15) is 13.8 Å². The summed E-state index contributed by atoms with van der Waals surface area (Å²) in [6.07, 6.45) is 1.42. The van der Waals surface area contributed by atoms with Gasteiger partial charge in [-0.05, 0) is 32.0 Å². The molecule has 0 aliphatic carbocycles. The van der Waals surface area contributed by atoms with Crippen LogP contribution in [0.4, 0.5) is 27.4 Å². The number of benzene rings is 1. The van der Waals surface area contributed by atoms with E-state index in [1.807, 2.05) is 18.7 Å². The Morgan fingerprint density at radius 3 is 2.62 bits per heavy atom. The van der Waals surface area contributed by atoms with E-state index in [1.165, 1.54) is 12.4 Å². The van der Waals surface area contributed by atoms with E-state index in [-0.39, 0.29) is 5.82 Å². The van der Waals surface area contributed by atoms with Crippen LogP contribution in [0.2, 0.25) is 0 Å². The molecule has 112 valence electrons. The van der Waals surface area contributed by atoms with Gasteiger partial charge in [-0.1, -0.05) is 15.9 Å². The number of hydrogen-bond donors (Lipinski definition) is 2. The highest BCUT2D eigenvalue weighted by molar-refractivity contribution is 9.10. The lowest BCUT2D eigenvalue weighted by Gasteiger charge is -2.22. The van der Waals surface area contributed by atoms with Crippen LogP contribution in [0.3, 0.4) is 0 Å². The van der Waals surface area contributed by atoms with E-state index in [9.17, 15) is 4.39 Å². The average molecular weight is 354 g/mol. The molecule has 0 amide bonds. The topological polar surface area (TPSA) is 67.1 Å². The Morgan fingerprint density at radius 2 is 2.00 bits per heavy atom. The molecule has 5 nitrogen and oxygen atoms in total. The molecule has 3 N–H and O–H groups in total. The molecule has 7 heteroatoms. The first-order valence-corrected chi connectivity index (χ1v) is 7.43. The molecule has 0 atom stereocenters. The summed E-state index contributed by atoms with van der Waals surface area (Å²) in [6, 6.07) is 4.75. The third-order valence-corrected chi connectivity index (χ3v) is 3.60. The summed E-state index contributed by atoms with van der Waals surface area (Å²) in [5.74, 6) is 0.662. The fraction of sp³-hybridized carbons (Fsp3) is 0.286. The van der Waals surface area contributed by atoms with Gasteiger partial charge in [0.2, 0.25) is 0 Å². The summed E-state index contributed by atoms with van der Waals surface area (Å²) >= 11 is 3.22. The molecule has 2 aromatic rings. The van der Waals surface area contributed by atoms with Crippen LogP contribution >= 0.6 is 15.9 Å². The van der Waals surface area contributed by atoms with Gasteiger partial charge in [0.15, 0.2) is 11.6 Å². The highest BCUT2D eigenvalue weighted by Crippen LogP contribution is 2.29. The molecular weight excluding hydrogens is 337 g/mol. The summed E-state index contributed by atoms with van der Waals surface area (Å²) in [5, 5.41) is 2.91. The van der Waals surface area contributed by atoms with Crippen molar-refractivity contribution in [2.45, 2.75) is 13.8 Å². The van der Waals surface area contributed by atoms with Crippen LogP contribution in [0.5, 0.6) is 0 Å². The first kappa shape index (κ1) is 15.5. The lowest BCUT2D eigenvalue weighted by molar-refractivity contribution is 0.631. The molecule has 0 aliphatic heterocycles. The molecule has 2 rings (SSSR count). The molecule has 1 aromatic heterocycles. The zero-order valence-electron chi connectivity index (χ0n) is 11.9. The van der Waals surface area contributed by atoms with Gasteiger partial charge < -0.3 is 16.0 Å². The van der Waals surface area contributed by atoms with Crippen LogP contribution in [0, 0.1) is 5.82 Å². The molecule has 0 bridgehead atoms. The predicted octanol–water partition coefficient (Wildman–Crippen LogP) is 3.55. The molecule has 0 fully saturated rings. The zero-order valence-corrected chi connectivity index (χ0v) is 13.5. The lowest BCUT2D eigenvalue weighted by Crippen LogP contribution is -2.24. The maximum absolute atomic E-state index is 13.9. The molecule has 21 heavy (non-hydrogen) atoms. The summed E-state index contributed by atoms with van der Waals surface area (Å²) < 4.78 is 14.5. The summed E-state index contributed by atoms with van der Waals surface area (Å²) in [6.45, 7) is 5.60. The number of halogens is 2. The first-order chi connectivity index (χ1) is 10.1. The number of rotatable bonds is 5. The van der Waals surface area contributed by atoms with E-state index in [2.05, 4.69) is 31.2 Å². The SMILES string of the molecule is CCN(CC)c1ncnc(Nc2ccc(Br)cc2F)c1N. The Labute approximate surface area is 131 Å². The van der Waals surface area contributed by atoms with Crippen molar-refractivity contribution >= 4 is 38.9 Å². The van der Waals surface area contributed by atoms with Gasteiger partial charge in [-0.15, -0.1) is 0 Å². The molecule has 0 unspecified atom stereocenters. The molecule has 0 saturated carbocycles. The summed E-state index contributed by atoms with van der Waals surface area (Å²) in [4.78, 5) is 10.3. The Hall–Kier alpha value is -1.89. The average Bonchev–Trinajstić information content (AvgIpc) is 2.46. The third-order valence-electron chi connectivity index (χ3n) is 3.11. The number of nitrogens with zero attached hydrogens (tertiary/aromatic N) is 3. The number of nitrogens with two attached hydrogens (primary N) is 1. The maximum Gasteiger partial charge on any atom is 0.159 e. The summed E-state index contributed by atoms with van der Waals surface area (Å²) in [5.41, 5.74) is 6.82. The standard InChI is InChI=1S/C14H17BrFN5/c1-3-21(4-2)14-12(17)13(18-8-19-14)20-11-6-5-9(15)7-10(11)16/h5-8H,3-4,17H2,1-2H3,(H,18,19,20). The smallest absolute Gasteiger partial charge is 0.159 e. The normalized spacial score (nSPS) is 10.5. The van der Waals surface area contributed by atoms with Crippen molar-refractivity contribution in [2.75, 3.05) is 29.0 Å². The van der Waals surface area contributed by atoms with Crippen LogP contribution in [0.15, 0.2) is 29.0 Å². The molecule has 0 radical (unpaired) electrons.